The van der Waals surface area contributed by atoms with E-state index in [1.165, 1.54) is 0 Å². The summed E-state index contributed by atoms with van der Waals surface area (Å²) in [6.45, 7) is 2.74. The minimum atomic E-state index is -0.564. The van der Waals surface area contributed by atoms with Crippen molar-refractivity contribution in [3.8, 4) is 0 Å². The van der Waals surface area contributed by atoms with E-state index in [1.54, 1.807) is 6.07 Å². The zero-order chi connectivity index (χ0) is 14.4. The van der Waals surface area contributed by atoms with Gasteiger partial charge < -0.3 is 15.4 Å². The van der Waals surface area contributed by atoms with Crippen molar-refractivity contribution < 1.29 is 4.92 Å². The largest absolute Gasteiger partial charge is 0.470 e. The molecule has 0 amide bonds. The predicted molar refractivity (Wildman–Crippen MR) is 76.7 cm³/mol. The number of nitro groups is 1. The number of aromatic nitrogens is 2. The summed E-state index contributed by atoms with van der Waals surface area (Å²) in [5.41, 5.74) is 1.69. The van der Waals surface area contributed by atoms with Crippen LogP contribution in [0.2, 0.25) is 0 Å². The summed E-state index contributed by atoms with van der Waals surface area (Å²) in [6.07, 6.45) is 1.47. The van der Waals surface area contributed by atoms with Crippen molar-refractivity contribution in [1.82, 2.24) is 9.97 Å². The van der Waals surface area contributed by atoms with Gasteiger partial charge in [-0.25, -0.2) is 0 Å². The third kappa shape index (κ3) is 3.74. The standard InChI is InChI=1S/C14H16N4O2/c1-2-8-15-13-10-12(16-14(17-13)18(19)20)9-11-6-4-3-5-7-11/h3-7,10H,2,8-9H2,1H3,(H,15,16,17). The molecule has 0 saturated carbocycles. The normalized spacial score (nSPS) is 10.2. The summed E-state index contributed by atoms with van der Waals surface area (Å²) < 4.78 is 0. The van der Waals surface area contributed by atoms with Crippen LogP contribution in [0.1, 0.15) is 24.6 Å². The average molecular weight is 272 g/mol. The first-order chi connectivity index (χ1) is 9.69. The van der Waals surface area contributed by atoms with E-state index >= 15 is 0 Å². The van der Waals surface area contributed by atoms with E-state index < -0.39 is 4.92 Å². The molecule has 6 heteroatoms. The van der Waals surface area contributed by atoms with Gasteiger partial charge in [0, 0.05) is 19.0 Å². The van der Waals surface area contributed by atoms with E-state index in [4.69, 9.17) is 0 Å². The first-order valence-corrected chi connectivity index (χ1v) is 6.49. The fourth-order valence-electron chi connectivity index (χ4n) is 1.80. The molecule has 0 bridgehead atoms. The van der Waals surface area contributed by atoms with Gasteiger partial charge in [0.1, 0.15) is 5.69 Å². The Kier molecular flexibility index (Phi) is 4.60. The number of hydrogen-bond donors (Lipinski definition) is 1. The van der Waals surface area contributed by atoms with Crippen molar-refractivity contribution in [2.24, 2.45) is 0 Å². The maximum Gasteiger partial charge on any atom is 0.470 e. The molecular formula is C14H16N4O2. The maximum absolute atomic E-state index is 10.9. The van der Waals surface area contributed by atoms with Crippen molar-refractivity contribution in [3.05, 3.63) is 57.8 Å². The van der Waals surface area contributed by atoms with Crippen LogP contribution >= 0.6 is 0 Å². The SMILES string of the molecule is CCCNc1cc(Cc2ccccc2)nc([N+](=O)[O-])n1. The Morgan fingerprint density at radius 2 is 2.00 bits per heavy atom. The Hall–Kier alpha value is -2.50. The molecular weight excluding hydrogens is 256 g/mol. The molecule has 1 aromatic carbocycles. The highest BCUT2D eigenvalue weighted by Crippen LogP contribution is 2.15. The van der Waals surface area contributed by atoms with E-state index in [9.17, 15) is 10.1 Å². The minimum Gasteiger partial charge on any atom is -0.390 e. The molecule has 0 aliphatic carbocycles. The minimum absolute atomic E-state index is 0.364. The second kappa shape index (κ2) is 6.60. The van der Waals surface area contributed by atoms with E-state index in [0.717, 1.165) is 18.5 Å². The van der Waals surface area contributed by atoms with Crippen LogP contribution < -0.4 is 5.32 Å². The Morgan fingerprint density at radius 3 is 2.65 bits per heavy atom. The second-order valence-electron chi connectivity index (χ2n) is 4.39. The third-order valence-corrected chi connectivity index (χ3v) is 2.71. The van der Waals surface area contributed by atoms with Crippen LogP contribution in [-0.4, -0.2) is 21.4 Å². The number of benzene rings is 1. The molecule has 1 N–H and O–H groups in total. The summed E-state index contributed by atoms with van der Waals surface area (Å²) in [5.74, 6) is 0.136. The van der Waals surface area contributed by atoms with Gasteiger partial charge in [-0.3, -0.25) is 0 Å². The Morgan fingerprint density at radius 1 is 1.25 bits per heavy atom. The van der Waals surface area contributed by atoms with Gasteiger partial charge in [0.2, 0.25) is 5.82 Å². The van der Waals surface area contributed by atoms with Crippen LogP contribution in [0, 0.1) is 10.1 Å². The van der Waals surface area contributed by atoms with Crippen molar-refractivity contribution >= 4 is 11.8 Å². The zero-order valence-corrected chi connectivity index (χ0v) is 11.2. The van der Waals surface area contributed by atoms with Gasteiger partial charge in [-0.05, 0) is 21.9 Å². The summed E-state index contributed by atoms with van der Waals surface area (Å²) in [5, 5.41) is 13.9. The van der Waals surface area contributed by atoms with E-state index in [1.807, 2.05) is 37.3 Å². The van der Waals surface area contributed by atoms with Gasteiger partial charge in [0.05, 0.1) is 0 Å². The smallest absolute Gasteiger partial charge is 0.390 e. The molecule has 0 unspecified atom stereocenters. The summed E-state index contributed by atoms with van der Waals surface area (Å²) in [4.78, 5) is 18.2. The van der Waals surface area contributed by atoms with E-state index in [0.29, 0.717) is 17.9 Å². The molecule has 2 rings (SSSR count). The van der Waals surface area contributed by atoms with Gasteiger partial charge in [-0.15, -0.1) is 0 Å². The molecule has 0 fully saturated rings. The lowest BCUT2D eigenvalue weighted by atomic mass is 10.1. The Balaban J connectivity index is 2.26. The van der Waals surface area contributed by atoms with Crippen molar-refractivity contribution in [2.75, 3.05) is 11.9 Å². The van der Waals surface area contributed by atoms with E-state index in [2.05, 4.69) is 15.3 Å². The number of anilines is 1. The number of nitrogens with zero attached hydrogens (tertiary/aromatic N) is 3. The second-order valence-corrected chi connectivity index (χ2v) is 4.39. The first kappa shape index (κ1) is 13.9. The van der Waals surface area contributed by atoms with Gasteiger partial charge >= 0.3 is 5.95 Å². The molecule has 1 heterocycles. The van der Waals surface area contributed by atoms with Gasteiger partial charge in [-0.1, -0.05) is 42.2 Å². The quantitative estimate of drug-likeness (QED) is 0.646. The lowest BCUT2D eigenvalue weighted by molar-refractivity contribution is -0.394. The summed E-state index contributed by atoms with van der Waals surface area (Å²) >= 11 is 0. The molecule has 0 radical (unpaired) electrons. The molecule has 0 spiro atoms. The predicted octanol–water partition coefficient (Wildman–Crippen LogP) is 2.80. The fraction of sp³-hybridized carbons (Fsp3) is 0.286. The first-order valence-electron chi connectivity index (χ1n) is 6.49. The van der Waals surface area contributed by atoms with Crippen molar-refractivity contribution in [3.63, 3.8) is 0 Å². The van der Waals surface area contributed by atoms with Crippen LogP contribution in [0.25, 0.3) is 0 Å². The number of nitrogens with one attached hydrogen (secondary N) is 1. The molecule has 0 aliphatic heterocycles. The van der Waals surface area contributed by atoms with E-state index in [-0.39, 0.29) is 5.95 Å². The Bertz CT molecular complexity index is 587. The number of rotatable bonds is 6. The fourth-order valence-corrected chi connectivity index (χ4v) is 1.80. The zero-order valence-electron chi connectivity index (χ0n) is 11.2. The number of hydrogen-bond acceptors (Lipinski definition) is 5. The van der Waals surface area contributed by atoms with Gasteiger partial charge in [0.15, 0.2) is 0 Å². The highest BCUT2D eigenvalue weighted by atomic mass is 16.6. The van der Waals surface area contributed by atoms with Gasteiger partial charge in [-0.2, -0.15) is 0 Å². The average Bonchev–Trinajstić information content (AvgIpc) is 2.46. The van der Waals surface area contributed by atoms with Crippen LogP contribution in [0.4, 0.5) is 11.8 Å². The molecule has 1 aromatic heterocycles. The maximum atomic E-state index is 10.9. The molecule has 20 heavy (non-hydrogen) atoms. The van der Waals surface area contributed by atoms with Gasteiger partial charge in [0.25, 0.3) is 0 Å². The Labute approximate surface area is 117 Å². The molecule has 0 saturated heterocycles. The summed E-state index contributed by atoms with van der Waals surface area (Å²) in [6, 6.07) is 11.5. The molecule has 0 atom stereocenters. The highest BCUT2D eigenvalue weighted by molar-refractivity contribution is 5.40. The van der Waals surface area contributed by atoms with Crippen LogP contribution in [0.15, 0.2) is 36.4 Å². The highest BCUT2D eigenvalue weighted by Gasteiger charge is 2.15. The molecule has 104 valence electrons. The monoisotopic (exact) mass is 272 g/mol. The van der Waals surface area contributed by atoms with Crippen LogP contribution in [0.5, 0.6) is 0 Å². The topological polar surface area (TPSA) is 81.0 Å². The van der Waals surface area contributed by atoms with Crippen LogP contribution in [0.3, 0.4) is 0 Å². The molecule has 6 nitrogen and oxygen atoms in total. The van der Waals surface area contributed by atoms with Crippen molar-refractivity contribution in [1.29, 1.82) is 0 Å². The third-order valence-electron chi connectivity index (χ3n) is 2.71. The van der Waals surface area contributed by atoms with Crippen LogP contribution in [-0.2, 0) is 6.42 Å². The van der Waals surface area contributed by atoms with Crippen molar-refractivity contribution in [2.45, 2.75) is 19.8 Å². The summed E-state index contributed by atoms with van der Waals surface area (Å²) in [7, 11) is 0. The lowest BCUT2D eigenvalue weighted by Crippen LogP contribution is -2.07. The molecule has 0 aliphatic rings. The molecule has 2 aromatic rings. The lowest BCUT2D eigenvalue weighted by Gasteiger charge is -2.03.